The molecule has 0 radical (unpaired) electrons. The molecule has 0 saturated carbocycles. The predicted octanol–water partition coefficient (Wildman–Crippen LogP) is 3.08. The highest BCUT2D eigenvalue weighted by Crippen LogP contribution is 2.32. The number of pyridine rings is 1. The molecule has 0 fully saturated rings. The smallest absolute Gasteiger partial charge is 0.342 e. The van der Waals surface area contributed by atoms with Crippen LogP contribution in [0.4, 0.5) is 13.2 Å². The minimum Gasteiger partial charge on any atom is -0.342 e. The van der Waals surface area contributed by atoms with E-state index in [0.29, 0.717) is 6.07 Å². The Kier molecular flexibility index (Phi) is 6.93. The molecule has 0 aliphatic rings. The molecule has 170 valence electrons. The average Bonchev–Trinajstić information content (AvgIpc) is 3.26. The Morgan fingerprint density at radius 2 is 1.94 bits per heavy atom. The second kappa shape index (κ2) is 9.66. The Morgan fingerprint density at radius 3 is 2.58 bits per heavy atom. The first-order valence-electron chi connectivity index (χ1n) is 9.30. The molecular formula is C20H15ClF3N7O2. The number of nitriles is 1. The molecule has 0 aliphatic carbocycles. The maximum Gasteiger partial charge on any atom is 0.416 e. The van der Waals surface area contributed by atoms with E-state index in [0.717, 1.165) is 12.1 Å². The summed E-state index contributed by atoms with van der Waals surface area (Å²) >= 11 is 5.75. The number of nitrogens with one attached hydrogen (secondary N) is 2. The topological polar surface area (TPSA) is 126 Å². The molecule has 2 N–H and O–H groups in total. The van der Waals surface area contributed by atoms with Gasteiger partial charge in [-0.1, -0.05) is 11.6 Å². The fourth-order valence-electron chi connectivity index (χ4n) is 2.82. The monoisotopic (exact) mass is 477 g/mol. The summed E-state index contributed by atoms with van der Waals surface area (Å²) in [5.41, 5.74) is -1.09. The number of alkyl halides is 3. The number of hydrogen-bond donors (Lipinski definition) is 2. The van der Waals surface area contributed by atoms with E-state index in [-0.39, 0.29) is 34.3 Å². The summed E-state index contributed by atoms with van der Waals surface area (Å²) in [6.07, 6.45) is -2.16. The lowest BCUT2D eigenvalue weighted by Gasteiger charge is -2.15. The summed E-state index contributed by atoms with van der Waals surface area (Å²) in [4.78, 5) is 32.7. The van der Waals surface area contributed by atoms with E-state index in [4.69, 9.17) is 16.9 Å². The van der Waals surface area contributed by atoms with E-state index >= 15 is 0 Å². The van der Waals surface area contributed by atoms with Gasteiger partial charge in [0, 0.05) is 16.8 Å². The van der Waals surface area contributed by atoms with Crippen molar-refractivity contribution in [2.45, 2.75) is 19.1 Å². The van der Waals surface area contributed by atoms with Gasteiger partial charge in [0.05, 0.1) is 23.2 Å². The fourth-order valence-corrected chi connectivity index (χ4v) is 3.05. The number of halogens is 4. The number of aromatic nitrogens is 4. The molecule has 0 aliphatic heterocycles. The average molecular weight is 478 g/mol. The van der Waals surface area contributed by atoms with Crippen molar-refractivity contribution in [3.05, 3.63) is 70.4 Å². The lowest BCUT2D eigenvalue weighted by molar-refractivity contribution is -0.137. The van der Waals surface area contributed by atoms with Gasteiger partial charge in [-0.25, -0.2) is 9.97 Å². The van der Waals surface area contributed by atoms with Gasteiger partial charge in [-0.05, 0) is 37.3 Å². The van der Waals surface area contributed by atoms with Gasteiger partial charge in [-0.3, -0.25) is 9.59 Å². The van der Waals surface area contributed by atoms with E-state index < -0.39 is 29.6 Å². The van der Waals surface area contributed by atoms with Crippen LogP contribution in [0.25, 0.3) is 5.82 Å². The Morgan fingerprint density at radius 1 is 1.18 bits per heavy atom. The molecule has 2 heterocycles. The molecule has 3 rings (SSSR count). The SMILES string of the molecule is C[C@H](NC(=O)c1cc(Cl)cc(C(F)(F)F)c1)c1ncnn1-c1ccc(C(=O)NCC#N)cn1. The van der Waals surface area contributed by atoms with Gasteiger partial charge in [-0.15, -0.1) is 0 Å². The second-order valence-corrected chi connectivity index (χ2v) is 7.13. The van der Waals surface area contributed by atoms with Crippen LogP contribution in [0, 0.1) is 11.3 Å². The zero-order valence-corrected chi connectivity index (χ0v) is 17.6. The van der Waals surface area contributed by atoms with Crippen molar-refractivity contribution in [2.24, 2.45) is 0 Å². The maximum atomic E-state index is 13.0. The van der Waals surface area contributed by atoms with Crippen molar-refractivity contribution < 1.29 is 22.8 Å². The van der Waals surface area contributed by atoms with Crippen LogP contribution in [0.15, 0.2) is 42.9 Å². The Hall–Kier alpha value is -3.98. The number of carbonyl (C=O) groups excluding carboxylic acids is 2. The van der Waals surface area contributed by atoms with E-state index in [1.807, 2.05) is 0 Å². The number of amides is 2. The third-order valence-corrected chi connectivity index (χ3v) is 4.57. The molecular weight excluding hydrogens is 463 g/mol. The van der Waals surface area contributed by atoms with Crippen molar-refractivity contribution in [3.63, 3.8) is 0 Å². The highest BCUT2D eigenvalue weighted by atomic mass is 35.5. The third kappa shape index (κ3) is 5.64. The highest BCUT2D eigenvalue weighted by molar-refractivity contribution is 6.31. The summed E-state index contributed by atoms with van der Waals surface area (Å²) < 4.78 is 40.4. The lowest BCUT2D eigenvalue weighted by Crippen LogP contribution is -2.29. The Bertz CT molecular complexity index is 1220. The van der Waals surface area contributed by atoms with E-state index in [9.17, 15) is 22.8 Å². The number of benzene rings is 1. The first kappa shape index (κ1) is 23.7. The van der Waals surface area contributed by atoms with Crippen LogP contribution in [-0.2, 0) is 6.18 Å². The number of rotatable bonds is 6. The van der Waals surface area contributed by atoms with Gasteiger partial charge in [-0.2, -0.15) is 28.2 Å². The highest BCUT2D eigenvalue weighted by Gasteiger charge is 2.32. The van der Waals surface area contributed by atoms with Crippen molar-refractivity contribution in [1.29, 1.82) is 5.26 Å². The van der Waals surface area contributed by atoms with Crippen molar-refractivity contribution in [2.75, 3.05) is 6.54 Å². The second-order valence-electron chi connectivity index (χ2n) is 6.70. The van der Waals surface area contributed by atoms with Gasteiger partial charge in [0.25, 0.3) is 11.8 Å². The minimum atomic E-state index is -4.66. The molecule has 0 spiro atoms. The summed E-state index contributed by atoms with van der Waals surface area (Å²) in [7, 11) is 0. The molecule has 9 nitrogen and oxygen atoms in total. The fraction of sp³-hybridized carbons (Fsp3) is 0.200. The normalized spacial score (nSPS) is 12.0. The van der Waals surface area contributed by atoms with E-state index in [1.165, 1.54) is 29.3 Å². The zero-order chi connectivity index (χ0) is 24.2. The van der Waals surface area contributed by atoms with Gasteiger partial charge in [0.15, 0.2) is 11.6 Å². The summed E-state index contributed by atoms with van der Waals surface area (Å²) in [6.45, 7) is 1.42. The molecule has 1 atom stereocenters. The number of hydrogen-bond acceptors (Lipinski definition) is 6. The van der Waals surface area contributed by atoms with Gasteiger partial charge >= 0.3 is 6.18 Å². The van der Waals surface area contributed by atoms with Crippen molar-refractivity contribution in [3.8, 4) is 11.9 Å². The summed E-state index contributed by atoms with van der Waals surface area (Å²) in [5.74, 6) is -0.740. The molecule has 2 amide bonds. The predicted molar refractivity (Wildman–Crippen MR) is 109 cm³/mol. The van der Waals surface area contributed by atoms with Gasteiger partial charge in [0.1, 0.15) is 12.9 Å². The van der Waals surface area contributed by atoms with Crippen LogP contribution >= 0.6 is 11.6 Å². The summed E-state index contributed by atoms with van der Waals surface area (Å²) in [5, 5.41) is 17.3. The zero-order valence-electron chi connectivity index (χ0n) is 16.9. The van der Waals surface area contributed by atoms with Crippen LogP contribution in [0.2, 0.25) is 5.02 Å². The van der Waals surface area contributed by atoms with Crippen LogP contribution < -0.4 is 10.6 Å². The first-order valence-corrected chi connectivity index (χ1v) is 9.68. The van der Waals surface area contributed by atoms with Crippen LogP contribution in [0.5, 0.6) is 0 Å². The van der Waals surface area contributed by atoms with Crippen LogP contribution in [0.3, 0.4) is 0 Å². The molecule has 13 heteroatoms. The van der Waals surface area contributed by atoms with Crippen LogP contribution in [-0.4, -0.2) is 38.1 Å². The van der Waals surface area contributed by atoms with Crippen molar-refractivity contribution >= 4 is 23.4 Å². The standard InChI is InChI=1S/C20H15ClF3N7O2/c1-11(30-19(33)13-6-14(20(22,23)24)8-15(21)7-13)17-28-10-29-31(17)16-3-2-12(9-27-16)18(32)26-5-4-25/h2-3,6-11H,5H2,1H3,(H,26,32)(H,30,33)/t11-/m0/s1. The quantitative estimate of drug-likeness (QED) is 0.525. The molecule has 0 saturated heterocycles. The maximum absolute atomic E-state index is 13.0. The molecule has 3 aromatic rings. The molecule has 33 heavy (non-hydrogen) atoms. The lowest BCUT2D eigenvalue weighted by atomic mass is 10.1. The third-order valence-electron chi connectivity index (χ3n) is 4.35. The largest absolute Gasteiger partial charge is 0.416 e. The summed E-state index contributed by atoms with van der Waals surface area (Å²) in [6, 6.07) is 6.54. The van der Waals surface area contributed by atoms with Crippen molar-refractivity contribution in [1.82, 2.24) is 30.4 Å². The Labute approximate surface area is 190 Å². The van der Waals surface area contributed by atoms with Crippen LogP contribution in [0.1, 0.15) is 45.1 Å². The Balaban J connectivity index is 1.78. The molecule has 1 aromatic carbocycles. The molecule has 2 aromatic heterocycles. The molecule has 0 bridgehead atoms. The number of carbonyl (C=O) groups is 2. The van der Waals surface area contributed by atoms with Gasteiger partial charge in [0.2, 0.25) is 0 Å². The minimum absolute atomic E-state index is 0.151. The number of nitrogens with zero attached hydrogens (tertiary/aromatic N) is 5. The van der Waals surface area contributed by atoms with Gasteiger partial charge < -0.3 is 10.6 Å². The van der Waals surface area contributed by atoms with E-state index in [1.54, 1.807) is 13.0 Å². The molecule has 0 unspecified atom stereocenters. The van der Waals surface area contributed by atoms with E-state index in [2.05, 4.69) is 25.7 Å². The first-order chi connectivity index (χ1) is 15.6.